The summed E-state index contributed by atoms with van der Waals surface area (Å²) < 4.78 is 2.00. The molecule has 1 aliphatic carbocycles. The first-order valence-corrected chi connectivity index (χ1v) is 11.3. The summed E-state index contributed by atoms with van der Waals surface area (Å²) in [6.45, 7) is 6.65. The van der Waals surface area contributed by atoms with Crippen LogP contribution in [0.4, 0.5) is 0 Å². The molecule has 1 aromatic heterocycles. The Balaban J connectivity index is 1.44. The predicted octanol–water partition coefficient (Wildman–Crippen LogP) is 1.76. The SMILES string of the molecule is C=CC(=O)NCc1ccccc1C(=O)N1CCC(N(Cc2nnc(C3CC3)n2C)C(C)=O)C1. The Bertz CT molecular complexity index is 1070. The van der Waals surface area contributed by atoms with Crippen molar-refractivity contribution in [1.29, 1.82) is 0 Å². The fraction of sp³-hybridized carbons (Fsp3) is 0.458. The van der Waals surface area contributed by atoms with Gasteiger partial charge in [0.25, 0.3) is 5.91 Å². The minimum Gasteiger partial charge on any atom is -0.348 e. The number of carbonyl (C=O) groups excluding carboxylic acids is 3. The van der Waals surface area contributed by atoms with E-state index < -0.39 is 0 Å². The summed E-state index contributed by atoms with van der Waals surface area (Å²) in [6.07, 6.45) is 4.19. The average molecular weight is 451 g/mol. The Morgan fingerprint density at radius 1 is 1.21 bits per heavy atom. The molecule has 1 N–H and O–H groups in total. The molecule has 1 aromatic carbocycles. The van der Waals surface area contributed by atoms with E-state index in [0.29, 0.717) is 37.5 Å². The summed E-state index contributed by atoms with van der Waals surface area (Å²) in [6, 6.07) is 7.17. The fourth-order valence-electron chi connectivity index (χ4n) is 4.35. The van der Waals surface area contributed by atoms with Gasteiger partial charge in [-0.1, -0.05) is 24.8 Å². The van der Waals surface area contributed by atoms with Crippen molar-refractivity contribution < 1.29 is 14.4 Å². The van der Waals surface area contributed by atoms with Crippen LogP contribution in [0.1, 0.15) is 59.7 Å². The van der Waals surface area contributed by atoms with Gasteiger partial charge in [-0.3, -0.25) is 14.4 Å². The number of hydrogen-bond donors (Lipinski definition) is 1. The summed E-state index contributed by atoms with van der Waals surface area (Å²) in [5.41, 5.74) is 1.30. The molecule has 1 saturated carbocycles. The number of nitrogens with zero attached hydrogens (tertiary/aromatic N) is 5. The molecule has 1 unspecified atom stereocenters. The van der Waals surface area contributed by atoms with Gasteiger partial charge >= 0.3 is 0 Å². The topological polar surface area (TPSA) is 100 Å². The van der Waals surface area contributed by atoms with Gasteiger partial charge in [-0.2, -0.15) is 0 Å². The fourth-order valence-corrected chi connectivity index (χ4v) is 4.35. The second kappa shape index (κ2) is 9.56. The Morgan fingerprint density at radius 2 is 1.97 bits per heavy atom. The number of aromatic nitrogens is 3. The zero-order chi connectivity index (χ0) is 23.5. The minimum atomic E-state index is -0.288. The lowest BCUT2D eigenvalue weighted by molar-refractivity contribution is -0.131. The second-order valence-electron chi connectivity index (χ2n) is 8.73. The molecule has 3 amide bonds. The van der Waals surface area contributed by atoms with Crippen molar-refractivity contribution in [2.24, 2.45) is 7.05 Å². The van der Waals surface area contributed by atoms with Crippen LogP contribution in [0.2, 0.25) is 0 Å². The maximum absolute atomic E-state index is 13.3. The third-order valence-corrected chi connectivity index (χ3v) is 6.44. The molecule has 1 aliphatic heterocycles. The molecule has 1 atom stereocenters. The van der Waals surface area contributed by atoms with Crippen molar-refractivity contribution >= 4 is 17.7 Å². The maximum atomic E-state index is 13.3. The standard InChI is InChI=1S/C24H30N6O3/c1-4-22(32)25-13-18-7-5-6-8-20(18)24(33)29-12-11-19(14-29)30(16(2)31)15-21-26-27-23(28(21)3)17-9-10-17/h4-8,17,19H,1,9-15H2,2-3H3,(H,25,32). The van der Waals surface area contributed by atoms with E-state index in [-0.39, 0.29) is 30.3 Å². The highest BCUT2D eigenvalue weighted by Crippen LogP contribution is 2.38. The van der Waals surface area contributed by atoms with Crippen molar-refractivity contribution in [1.82, 2.24) is 29.9 Å². The molecule has 0 radical (unpaired) electrons. The Morgan fingerprint density at radius 3 is 2.67 bits per heavy atom. The molecule has 1 saturated heterocycles. The van der Waals surface area contributed by atoms with E-state index in [2.05, 4.69) is 22.1 Å². The lowest BCUT2D eigenvalue weighted by Gasteiger charge is -2.28. The van der Waals surface area contributed by atoms with E-state index in [1.165, 1.54) is 6.08 Å². The van der Waals surface area contributed by atoms with Gasteiger partial charge in [0.05, 0.1) is 12.6 Å². The zero-order valence-corrected chi connectivity index (χ0v) is 19.2. The van der Waals surface area contributed by atoms with Gasteiger partial charge < -0.3 is 19.7 Å². The first-order chi connectivity index (χ1) is 15.9. The maximum Gasteiger partial charge on any atom is 0.254 e. The van der Waals surface area contributed by atoms with Crippen LogP contribution >= 0.6 is 0 Å². The average Bonchev–Trinajstić information content (AvgIpc) is 3.42. The van der Waals surface area contributed by atoms with E-state index in [4.69, 9.17) is 0 Å². The van der Waals surface area contributed by atoms with Gasteiger partial charge in [-0.05, 0) is 37.0 Å². The second-order valence-corrected chi connectivity index (χ2v) is 8.73. The van der Waals surface area contributed by atoms with E-state index >= 15 is 0 Å². The molecule has 0 bridgehead atoms. The Hall–Kier alpha value is -3.49. The summed E-state index contributed by atoms with van der Waals surface area (Å²) in [4.78, 5) is 40.9. The number of rotatable bonds is 8. The zero-order valence-electron chi connectivity index (χ0n) is 19.2. The van der Waals surface area contributed by atoms with Gasteiger partial charge in [-0.15, -0.1) is 10.2 Å². The number of nitrogens with one attached hydrogen (secondary N) is 1. The lowest BCUT2D eigenvalue weighted by atomic mass is 10.1. The largest absolute Gasteiger partial charge is 0.348 e. The molecule has 2 fully saturated rings. The molecule has 4 rings (SSSR count). The van der Waals surface area contributed by atoms with Gasteiger partial charge in [0.1, 0.15) is 5.82 Å². The molecule has 174 valence electrons. The summed E-state index contributed by atoms with van der Waals surface area (Å²) in [7, 11) is 1.95. The van der Waals surface area contributed by atoms with Crippen LogP contribution in [0.25, 0.3) is 0 Å². The van der Waals surface area contributed by atoms with E-state index in [1.807, 2.05) is 29.8 Å². The van der Waals surface area contributed by atoms with Crippen molar-refractivity contribution in [2.75, 3.05) is 13.1 Å². The van der Waals surface area contributed by atoms with E-state index in [9.17, 15) is 14.4 Å². The number of benzene rings is 1. The van der Waals surface area contributed by atoms with Crippen LogP contribution in [0.15, 0.2) is 36.9 Å². The van der Waals surface area contributed by atoms with Crippen molar-refractivity contribution in [3.63, 3.8) is 0 Å². The lowest BCUT2D eigenvalue weighted by Crippen LogP contribution is -2.41. The Kier molecular flexibility index (Phi) is 6.57. The predicted molar refractivity (Wildman–Crippen MR) is 122 cm³/mol. The van der Waals surface area contributed by atoms with Gasteiger partial charge in [-0.25, -0.2) is 0 Å². The van der Waals surface area contributed by atoms with Crippen LogP contribution < -0.4 is 5.32 Å². The first kappa shape index (κ1) is 22.7. The molecule has 2 heterocycles. The quantitative estimate of drug-likeness (QED) is 0.618. The van der Waals surface area contributed by atoms with Crippen molar-refractivity contribution in [3.8, 4) is 0 Å². The third kappa shape index (κ3) is 4.97. The van der Waals surface area contributed by atoms with Gasteiger partial charge in [0.15, 0.2) is 5.82 Å². The van der Waals surface area contributed by atoms with Crippen LogP contribution in [-0.4, -0.2) is 61.4 Å². The molecular formula is C24H30N6O3. The van der Waals surface area contributed by atoms with Gasteiger partial charge in [0.2, 0.25) is 11.8 Å². The van der Waals surface area contributed by atoms with Crippen LogP contribution in [-0.2, 0) is 29.7 Å². The number of amides is 3. The van der Waals surface area contributed by atoms with E-state index in [0.717, 1.165) is 30.1 Å². The molecule has 2 aromatic rings. The van der Waals surface area contributed by atoms with Crippen molar-refractivity contribution in [3.05, 3.63) is 59.7 Å². The third-order valence-electron chi connectivity index (χ3n) is 6.44. The first-order valence-electron chi connectivity index (χ1n) is 11.3. The van der Waals surface area contributed by atoms with Crippen LogP contribution in [0, 0.1) is 0 Å². The Labute approximate surface area is 193 Å². The van der Waals surface area contributed by atoms with Crippen LogP contribution in [0.5, 0.6) is 0 Å². The highest BCUT2D eigenvalue weighted by Gasteiger charge is 2.34. The molecule has 2 aliphatic rings. The number of carbonyl (C=O) groups is 3. The number of likely N-dealkylation sites (tertiary alicyclic amines) is 1. The monoisotopic (exact) mass is 450 g/mol. The summed E-state index contributed by atoms with van der Waals surface area (Å²) >= 11 is 0. The smallest absolute Gasteiger partial charge is 0.254 e. The molecule has 0 spiro atoms. The molecular weight excluding hydrogens is 420 g/mol. The highest BCUT2D eigenvalue weighted by molar-refractivity contribution is 5.96. The summed E-state index contributed by atoms with van der Waals surface area (Å²) in [5, 5.41) is 11.4. The number of hydrogen-bond acceptors (Lipinski definition) is 5. The normalized spacial score (nSPS) is 17.6. The van der Waals surface area contributed by atoms with Gasteiger partial charge in [0, 0.05) is 45.1 Å². The molecule has 9 nitrogen and oxygen atoms in total. The highest BCUT2D eigenvalue weighted by atomic mass is 16.2. The molecule has 33 heavy (non-hydrogen) atoms. The van der Waals surface area contributed by atoms with Crippen molar-refractivity contribution in [2.45, 2.75) is 51.2 Å². The van der Waals surface area contributed by atoms with Crippen LogP contribution in [0.3, 0.4) is 0 Å². The minimum absolute atomic E-state index is 0.0437. The summed E-state index contributed by atoms with van der Waals surface area (Å²) in [5.74, 6) is 1.80. The molecule has 9 heteroatoms. The van der Waals surface area contributed by atoms with E-state index in [1.54, 1.807) is 22.8 Å².